The van der Waals surface area contributed by atoms with Gasteiger partial charge in [0.2, 0.25) is 5.91 Å². The van der Waals surface area contributed by atoms with Gasteiger partial charge in [-0.15, -0.1) is 28.1 Å². The lowest BCUT2D eigenvalue weighted by Crippen LogP contribution is -2.20. The maximum Gasteiger partial charge on any atom is 0.251 e. The van der Waals surface area contributed by atoms with Gasteiger partial charge in [-0.3, -0.25) is 14.2 Å². The van der Waals surface area contributed by atoms with Crippen molar-refractivity contribution in [2.24, 2.45) is 11.7 Å². The largest absolute Gasteiger partial charge is 0.365 e. The third-order valence-electron chi connectivity index (χ3n) is 6.21. The molecule has 1 aliphatic rings. The first kappa shape index (κ1) is 25.2. The first-order valence-corrected chi connectivity index (χ1v) is 13.6. The Labute approximate surface area is 214 Å². The summed E-state index contributed by atoms with van der Waals surface area (Å²) in [6, 6.07) is 8.30. The highest BCUT2D eigenvalue weighted by molar-refractivity contribution is 7.99. The Morgan fingerprint density at radius 1 is 1.31 bits per heavy atom. The van der Waals surface area contributed by atoms with Crippen LogP contribution in [0.15, 0.2) is 42.1 Å². The van der Waals surface area contributed by atoms with Crippen LogP contribution in [0.4, 0.5) is 5.00 Å². The molecule has 0 saturated carbocycles. The van der Waals surface area contributed by atoms with Crippen molar-refractivity contribution in [1.29, 1.82) is 0 Å². The third kappa shape index (κ3) is 5.51. The number of primary amides is 1. The Bertz CT molecular complexity index is 1240. The fraction of sp³-hybridized carbons (Fsp3) is 0.385. The number of aromatic nitrogens is 3. The highest BCUT2D eigenvalue weighted by Crippen LogP contribution is 2.39. The Hall–Kier alpha value is -2.91. The van der Waals surface area contributed by atoms with E-state index in [0.717, 1.165) is 41.1 Å². The van der Waals surface area contributed by atoms with Crippen LogP contribution in [0, 0.1) is 5.92 Å². The van der Waals surface area contributed by atoms with Gasteiger partial charge in [-0.05, 0) is 42.2 Å². The molecule has 0 bridgehead atoms. The molecule has 3 N–H and O–H groups in total. The van der Waals surface area contributed by atoms with Crippen LogP contribution in [0.3, 0.4) is 0 Å². The summed E-state index contributed by atoms with van der Waals surface area (Å²) in [5, 5.41) is 12.8. The lowest BCUT2D eigenvalue weighted by Gasteiger charge is -2.18. The van der Waals surface area contributed by atoms with Crippen molar-refractivity contribution in [3.63, 3.8) is 0 Å². The van der Waals surface area contributed by atoms with E-state index in [4.69, 9.17) is 5.73 Å². The molecule has 0 saturated heterocycles. The number of thioether (sulfide) groups is 1. The number of fused-ring (bicyclic) bond motifs is 1. The predicted molar refractivity (Wildman–Crippen MR) is 143 cm³/mol. The Kier molecular flexibility index (Phi) is 7.76. The van der Waals surface area contributed by atoms with Gasteiger partial charge < -0.3 is 11.1 Å². The molecule has 3 aromatic rings. The minimum absolute atomic E-state index is 0.138. The van der Waals surface area contributed by atoms with Gasteiger partial charge >= 0.3 is 0 Å². The average molecular weight is 510 g/mol. The van der Waals surface area contributed by atoms with E-state index in [0.29, 0.717) is 34.1 Å². The van der Waals surface area contributed by atoms with Gasteiger partial charge in [-0.25, -0.2) is 0 Å². The smallest absolute Gasteiger partial charge is 0.251 e. The second-order valence-corrected chi connectivity index (χ2v) is 11.3. The molecule has 35 heavy (non-hydrogen) atoms. The SMILES string of the molecule is C=CCn1c(SCC(=O)Nc2sc3c(c2C(N)=O)CCC(C)C3)nnc1-c1ccc(C(C)C)cc1. The summed E-state index contributed by atoms with van der Waals surface area (Å²) < 4.78 is 1.95. The number of hydrogen-bond acceptors (Lipinski definition) is 6. The number of carbonyl (C=O) groups is 2. The normalized spacial score (nSPS) is 15.1. The molecule has 2 aromatic heterocycles. The van der Waals surface area contributed by atoms with E-state index in [1.807, 2.05) is 16.7 Å². The minimum Gasteiger partial charge on any atom is -0.365 e. The number of allylic oxidation sites excluding steroid dienone is 1. The predicted octanol–water partition coefficient (Wildman–Crippen LogP) is 5.27. The number of nitrogens with zero attached hydrogens (tertiary/aromatic N) is 3. The summed E-state index contributed by atoms with van der Waals surface area (Å²) in [5.74, 6) is 1.19. The summed E-state index contributed by atoms with van der Waals surface area (Å²) in [6.07, 6.45) is 4.54. The molecule has 0 radical (unpaired) electrons. The molecule has 1 atom stereocenters. The molecule has 4 rings (SSSR count). The fourth-order valence-corrected chi connectivity index (χ4v) is 6.49. The summed E-state index contributed by atoms with van der Waals surface area (Å²) in [7, 11) is 0. The van der Waals surface area contributed by atoms with Gasteiger partial charge in [0.25, 0.3) is 5.91 Å². The quantitative estimate of drug-likeness (QED) is 0.302. The van der Waals surface area contributed by atoms with Crippen LogP contribution < -0.4 is 11.1 Å². The molecule has 2 heterocycles. The van der Waals surface area contributed by atoms with E-state index < -0.39 is 5.91 Å². The molecule has 1 aliphatic carbocycles. The van der Waals surface area contributed by atoms with Crippen molar-refractivity contribution in [3.8, 4) is 11.4 Å². The summed E-state index contributed by atoms with van der Waals surface area (Å²) >= 11 is 2.78. The van der Waals surface area contributed by atoms with Crippen molar-refractivity contribution in [2.45, 2.75) is 57.7 Å². The van der Waals surface area contributed by atoms with E-state index in [9.17, 15) is 9.59 Å². The van der Waals surface area contributed by atoms with Crippen molar-refractivity contribution < 1.29 is 9.59 Å². The van der Waals surface area contributed by atoms with E-state index in [2.05, 4.69) is 55.0 Å². The van der Waals surface area contributed by atoms with Crippen LogP contribution in [-0.4, -0.2) is 32.3 Å². The number of nitrogens with one attached hydrogen (secondary N) is 1. The second-order valence-electron chi connectivity index (χ2n) is 9.24. The van der Waals surface area contributed by atoms with Gasteiger partial charge in [0.15, 0.2) is 11.0 Å². The molecule has 1 unspecified atom stereocenters. The molecule has 0 fully saturated rings. The zero-order chi connectivity index (χ0) is 25.1. The first-order chi connectivity index (χ1) is 16.8. The summed E-state index contributed by atoms with van der Waals surface area (Å²) in [6.45, 7) is 10.9. The Morgan fingerprint density at radius 2 is 2.06 bits per heavy atom. The first-order valence-electron chi connectivity index (χ1n) is 11.8. The maximum atomic E-state index is 12.8. The second kappa shape index (κ2) is 10.8. The fourth-order valence-electron chi connectivity index (χ4n) is 4.31. The number of amides is 2. The lowest BCUT2D eigenvalue weighted by atomic mass is 9.88. The Balaban J connectivity index is 1.49. The van der Waals surface area contributed by atoms with Gasteiger partial charge in [0, 0.05) is 17.0 Å². The highest BCUT2D eigenvalue weighted by atomic mass is 32.2. The lowest BCUT2D eigenvalue weighted by molar-refractivity contribution is -0.113. The van der Waals surface area contributed by atoms with Crippen molar-refractivity contribution in [1.82, 2.24) is 14.8 Å². The number of thiophene rings is 1. The van der Waals surface area contributed by atoms with Gasteiger partial charge in [0.1, 0.15) is 5.00 Å². The summed E-state index contributed by atoms with van der Waals surface area (Å²) in [5.41, 5.74) is 9.37. The standard InChI is InChI=1S/C26H31N5O2S2/c1-5-12-31-24(18-9-7-17(8-10-18)15(2)3)29-30-26(31)34-14-21(32)28-25-22(23(27)33)19-11-6-16(4)13-20(19)35-25/h5,7-10,15-16H,1,6,11-14H2,2-4H3,(H2,27,33)(H,28,32). The van der Waals surface area contributed by atoms with E-state index in [1.165, 1.54) is 28.7 Å². The number of nitrogens with two attached hydrogens (primary N) is 1. The average Bonchev–Trinajstić information content (AvgIpc) is 3.38. The molecule has 0 spiro atoms. The van der Waals surface area contributed by atoms with Gasteiger partial charge in [0.05, 0.1) is 11.3 Å². The molecule has 7 nitrogen and oxygen atoms in total. The van der Waals surface area contributed by atoms with Crippen LogP contribution in [0.25, 0.3) is 11.4 Å². The molecule has 9 heteroatoms. The van der Waals surface area contributed by atoms with Gasteiger partial charge in [-0.2, -0.15) is 0 Å². The third-order valence-corrected chi connectivity index (χ3v) is 8.34. The highest BCUT2D eigenvalue weighted by Gasteiger charge is 2.27. The minimum atomic E-state index is -0.487. The van der Waals surface area contributed by atoms with Crippen molar-refractivity contribution in [3.05, 3.63) is 58.5 Å². The Morgan fingerprint density at radius 3 is 2.71 bits per heavy atom. The van der Waals surface area contributed by atoms with Crippen LogP contribution in [-0.2, 0) is 24.2 Å². The van der Waals surface area contributed by atoms with E-state index in [-0.39, 0.29) is 11.7 Å². The zero-order valence-electron chi connectivity index (χ0n) is 20.3. The van der Waals surface area contributed by atoms with Crippen LogP contribution in [0.2, 0.25) is 0 Å². The van der Waals surface area contributed by atoms with E-state index in [1.54, 1.807) is 6.08 Å². The van der Waals surface area contributed by atoms with Gasteiger partial charge in [-0.1, -0.05) is 62.9 Å². The molecular weight excluding hydrogens is 478 g/mol. The number of rotatable bonds is 9. The van der Waals surface area contributed by atoms with Crippen molar-refractivity contribution in [2.75, 3.05) is 11.1 Å². The number of benzene rings is 1. The topological polar surface area (TPSA) is 103 Å². The monoisotopic (exact) mass is 509 g/mol. The summed E-state index contributed by atoms with van der Waals surface area (Å²) in [4.78, 5) is 26.1. The molecule has 0 aliphatic heterocycles. The molecule has 1 aromatic carbocycles. The van der Waals surface area contributed by atoms with Crippen LogP contribution in [0.5, 0.6) is 0 Å². The number of hydrogen-bond donors (Lipinski definition) is 2. The zero-order valence-corrected chi connectivity index (χ0v) is 22.0. The molecular formula is C26H31N5O2S2. The van der Waals surface area contributed by atoms with Crippen molar-refractivity contribution >= 4 is 39.9 Å². The number of anilines is 1. The number of carbonyl (C=O) groups excluding carboxylic acids is 2. The van der Waals surface area contributed by atoms with E-state index >= 15 is 0 Å². The maximum absolute atomic E-state index is 12.8. The molecule has 2 amide bonds. The van der Waals surface area contributed by atoms with Crippen LogP contribution >= 0.6 is 23.1 Å². The van der Waals surface area contributed by atoms with Crippen LogP contribution in [0.1, 0.15) is 59.5 Å². The molecule has 184 valence electrons.